The number of hydrogen-bond donors (Lipinski definition) is 1. The Morgan fingerprint density at radius 1 is 1.04 bits per heavy atom. The molecule has 0 bridgehead atoms. The molecule has 0 aliphatic carbocycles. The molecule has 0 fully saturated rings. The Hall–Kier alpha value is -2.99. The molecule has 1 heterocycles. The first-order chi connectivity index (χ1) is 11.6. The van der Waals surface area contributed by atoms with E-state index in [1.807, 2.05) is 30.3 Å². The maximum Gasteiger partial charge on any atom is 0.302 e. The molecule has 120 valence electrons. The van der Waals surface area contributed by atoms with Gasteiger partial charge in [-0.1, -0.05) is 41.9 Å². The molecule has 0 saturated carbocycles. The highest BCUT2D eigenvalue weighted by atomic mass is 35.5. The van der Waals surface area contributed by atoms with Crippen LogP contribution in [0.5, 0.6) is 0 Å². The van der Waals surface area contributed by atoms with Crippen molar-refractivity contribution < 1.29 is 4.79 Å². The van der Waals surface area contributed by atoms with E-state index < -0.39 is 11.5 Å². The first kappa shape index (κ1) is 15.9. The van der Waals surface area contributed by atoms with Gasteiger partial charge in [0.1, 0.15) is 0 Å². The first-order valence-corrected chi connectivity index (χ1v) is 7.53. The van der Waals surface area contributed by atoms with Crippen molar-refractivity contribution in [2.75, 3.05) is 0 Å². The molecule has 2 aromatic carbocycles. The molecule has 1 N–H and O–H groups in total. The average molecular weight is 341 g/mol. The van der Waals surface area contributed by atoms with E-state index in [0.717, 1.165) is 10.2 Å². The molecular weight excluding hydrogens is 328 g/mol. The number of H-pyrrole nitrogens is 1. The van der Waals surface area contributed by atoms with Gasteiger partial charge in [0.15, 0.2) is 5.69 Å². The normalized spacial score (nSPS) is 11.1. The van der Waals surface area contributed by atoms with Gasteiger partial charge in [-0.05, 0) is 24.3 Å². The Labute approximate surface area is 142 Å². The monoisotopic (exact) mass is 340 g/mol. The molecule has 0 unspecified atom stereocenters. The summed E-state index contributed by atoms with van der Waals surface area (Å²) < 4.78 is 0.915. The van der Waals surface area contributed by atoms with Gasteiger partial charge in [-0.25, -0.2) is 0 Å². The summed E-state index contributed by atoms with van der Waals surface area (Å²) in [6, 6.07) is 15.9. The summed E-state index contributed by atoms with van der Waals surface area (Å²) in [5.41, 5.74) is 1.26. The van der Waals surface area contributed by atoms with Crippen LogP contribution >= 0.6 is 11.6 Å². The summed E-state index contributed by atoms with van der Waals surface area (Å²) in [7, 11) is 0. The largest absolute Gasteiger partial charge is 0.302 e. The maximum atomic E-state index is 12.4. The number of benzene rings is 2. The van der Waals surface area contributed by atoms with Crippen LogP contribution < -0.4 is 5.56 Å². The van der Waals surface area contributed by atoms with Crippen molar-refractivity contribution >= 4 is 28.9 Å². The number of carbonyl (C=O) groups excluding carboxylic acids is 1. The molecule has 3 rings (SSSR count). The quantitative estimate of drug-likeness (QED) is 0.708. The first-order valence-electron chi connectivity index (χ1n) is 7.15. The highest BCUT2D eigenvalue weighted by Gasteiger charge is 2.17. The molecule has 0 aliphatic rings. The standard InChI is InChI=1S/C17H13ClN4O2/c1-11(23)22-17(24)16(15(21-22)12-5-3-2-4-6-12)20-19-14-9-7-13(18)8-10-14/h2-10,21H,1H3. The minimum Gasteiger partial charge on any atom is -0.285 e. The molecule has 0 amide bonds. The summed E-state index contributed by atoms with van der Waals surface area (Å²) >= 11 is 5.83. The fourth-order valence-electron chi connectivity index (χ4n) is 2.16. The van der Waals surface area contributed by atoms with Crippen LogP contribution in [0.1, 0.15) is 11.7 Å². The minimum atomic E-state index is -0.543. The predicted octanol–water partition coefficient (Wildman–Crippen LogP) is 4.57. The van der Waals surface area contributed by atoms with Crippen molar-refractivity contribution in [2.45, 2.75) is 6.92 Å². The smallest absolute Gasteiger partial charge is 0.285 e. The Morgan fingerprint density at radius 2 is 1.71 bits per heavy atom. The van der Waals surface area contributed by atoms with Gasteiger partial charge in [0.2, 0.25) is 5.91 Å². The van der Waals surface area contributed by atoms with Crippen molar-refractivity contribution in [3.05, 3.63) is 70.0 Å². The Kier molecular flexibility index (Phi) is 4.39. The van der Waals surface area contributed by atoms with Gasteiger partial charge in [-0.2, -0.15) is 9.80 Å². The zero-order valence-corrected chi connectivity index (χ0v) is 13.5. The van der Waals surface area contributed by atoms with Gasteiger partial charge >= 0.3 is 5.56 Å². The van der Waals surface area contributed by atoms with Crippen LogP contribution in [0, 0.1) is 0 Å². The van der Waals surface area contributed by atoms with E-state index in [9.17, 15) is 9.59 Å². The number of carbonyl (C=O) groups is 1. The van der Waals surface area contributed by atoms with Crippen molar-refractivity contribution in [1.29, 1.82) is 0 Å². The highest BCUT2D eigenvalue weighted by Crippen LogP contribution is 2.27. The van der Waals surface area contributed by atoms with Crippen LogP contribution in [-0.4, -0.2) is 15.7 Å². The maximum absolute atomic E-state index is 12.4. The van der Waals surface area contributed by atoms with Gasteiger partial charge in [0.25, 0.3) is 0 Å². The molecule has 0 saturated heterocycles. The molecule has 7 heteroatoms. The van der Waals surface area contributed by atoms with Gasteiger partial charge in [0.05, 0.1) is 11.4 Å². The summed E-state index contributed by atoms with van der Waals surface area (Å²) in [5, 5.41) is 11.5. The number of halogens is 1. The molecule has 6 nitrogen and oxygen atoms in total. The van der Waals surface area contributed by atoms with Crippen LogP contribution in [0.25, 0.3) is 11.3 Å². The van der Waals surface area contributed by atoms with Crippen LogP contribution in [-0.2, 0) is 0 Å². The number of aromatic amines is 1. The Balaban J connectivity index is 2.10. The fraction of sp³-hybridized carbons (Fsp3) is 0.0588. The predicted molar refractivity (Wildman–Crippen MR) is 92.4 cm³/mol. The molecule has 0 aliphatic heterocycles. The highest BCUT2D eigenvalue weighted by molar-refractivity contribution is 6.30. The zero-order valence-electron chi connectivity index (χ0n) is 12.7. The molecule has 0 spiro atoms. The zero-order chi connectivity index (χ0) is 17.1. The summed E-state index contributed by atoms with van der Waals surface area (Å²) in [6.07, 6.45) is 0. The molecule has 24 heavy (non-hydrogen) atoms. The summed E-state index contributed by atoms with van der Waals surface area (Å²) in [5.74, 6) is -0.426. The Bertz CT molecular complexity index is 957. The molecule has 1 aromatic heterocycles. The van der Waals surface area contributed by atoms with Crippen molar-refractivity contribution in [3.63, 3.8) is 0 Å². The number of nitrogens with one attached hydrogen (secondary N) is 1. The number of rotatable bonds is 3. The lowest BCUT2D eigenvalue weighted by Crippen LogP contribution is -2.21. The number of nitrogens with zero attached hydrogens (tertiary/aromatic N) is 3. The molecule has 3 aromatic rings. The van der Waals surface area contributed by atoms with Crippen LogP contribution in [0.4, 0.5) is 11.4 Å². The van der Waals surface area contributed by atoms with Crippen LogP contribution in [0.3, 0.4) is 0 Å². The minimum absolute atomic E-state index is 0.0753. The van der Waals surface area contributed by atoms with Gasteiger partial charge in [-0.3, -0.25) is 14.7 Å². The average Bonchev–Trinajstić information content (AvgIpc) is 2.92. The number of azo groups is 1. The fourth-order valence-corrected chi connectivity index (χ4v) is 2.29. The second-order valence-electron chi connectivity index (χ2n) is 5.04. The second-order valence-corrected chi connectivity index (χ2v) is 5.47. The van der Waals surface area contributed by atoms with Crippen molar-refractivity contribution in [1.82, 2.24) is 9.78 Å². The van der Waals surface area contributed by atoms with E-state index >= 15 is 0 Å². The molecule has 0 radical (unpaired) electrons. The van der Waals surface area contributed by atoms with Crippen LogP contribution in [0.2, 0.25) is 5.02 Å². The van der Waals surface area contributed by atoms with E-state index in [1.54, 1.807) is 24.3 Å². The van der Waals surface area contributed by atoms with Crippen molar-refractivity contribution in [3.8, 4) is 11.3 Å². The van der Waals surface area contributed by atoms with Gasteiger partial charge in [-0.15, -0.1) is 5.11 Å². The van der Waals surface area contributed by atoms with E-state index in [-0.39, 0.29) is 5.69 Å². The SMILES string of the molecule is CC(=O)n1[nH]c(-c2ccccc2)c(N=Nc2ccc(Cl)cc2)c1=O. The third-order valence-corrected chi connectivity index (χ3v) is 3.59. The van der Waals surface area contributed by atoms with Gasteiger partial charge in [0, 0.05) is 17.5 Å². The summed E-state index contributed by atoms with van der Waals surface area (Å²) in [4.78, 5) is 24.0. The van der Waals surface area contributed by atoms with E-state index in [0.29, 0.717) is 16.4 Å². The van der Waals surface area contributed by atoms with Gasteiger partial charge < -0.3 is 0 Å². The lowest BCUT2D eigenvalue weighted by molar-refractivity contribution is 0.0917. The van der Waals surface area contributed by atoms with E-state index in [2.05, 4.69) is 15.3 Å². The van der Waals surface area contributed by atoms with Crippen LogP contribution in [0.15, 0.2) is 69.6 Å². The number of hydrogen-bond acceptors (Lipinski definition) is 4. The second kappa shape index (κ2) is 6.64. The Morgan fingerprint density at radius 3 is 2.33 bits per heavy atom. The molecular formula is C17H13ClN4O2. The molecule has 0 atom stereocenters. The van der Waals surface area contributed by atoms with E-state index in [4.69, 9.17) is 11.6 Å². The summed E-state index contributed by atoms with van der Waals surface area (Å²) in [6.45, 7) is 1.30. The lowest BCUT2D eigenvalue weighted by Gasteiger charge is -1.98. The topological polar surface area (TPSA) is 79.6 Å². The third kappa shape index (κ3) is 3.18. The van der Waals surface area contributed by atoms with E-state index in [1.165, 1.54) is 6.92 Å². The third-order valence-electron chi connectivity index (χ3n) is 3.34. The number of aromatic nitrogens is 2. The van der Waals surface area contributed by atoms with Crippen molar-refractivity contribution in [2.24, 2.45) is 10.2 Å². The lowest BCUT2D eigenvalue weighted by atomic mass is 10.1.